The van der Waals surface area contributed by atoms with E-state index in [-0.39, 0.29) is 0 Å². The fourth-order valence-corrected chi connectivity index (χ4v) is 0.958. The van der Waals surface area contributed by atoms with Gasteiger partial charge >= 0.3 is 0 Å². The first kappa shape index (κ1) is 15.4. The molecule has 0 saturated heterocycles. The highest BCUT2D eigenvalue weighted by molar-refractivity contribution is 5.77. The van der Waals surface area contributed by atoms with Crippen LogP contribution in [0.2, 0.25) is 0 Å². The SMILES string of the molecule is CC.CC.Cc1ccc(C=O)c(C)c1. The molecule has 0 amide bonds. The third-order valence-corrected chi connectivity index (χ3v) is 1.55. The molecule has 0 N–H and O–H groups in total. The van der Waals surface area contributed by atoms with Crippen molar-refractivity contribution in [3.8, 4) is 0 Å². The molecule has 0 spiro atoms. The van der Waals surface area contributed by atoms with E-state index in [1.54, 1.807) is 0 Å². The number of carbonyl (C=O) groups is 1. The molecule has 0 radical (unpaired) electrons. The van der Waals surface area contributed by atoms with Crippen molar-refractivity contribution in [1.29, 1.82) is 0 Å². The van der Waals surface area contributed by atoms with Crippen molar-refractivity contribution in [2.75, 3.05) is 0 Å². The summed E-state index contributed by atoms with van der Waals surface area (Å²) in [6, 6.07) is 5.79. The third kappa shape index (κ3) is 5.52. The highest BCUT2D eigenvalue weighted by atomic mass is 16.1. The van der Waals surface area contributed by atoms with Crippen LogP contribution in [0.25, 0.3) is 0 Å². The van der Waals surface area contributed by atoms with Crippen LogP contribution in [-0.2, 0) is 0 Å². The summed E-state index contributed by atoms with van der Waals surface area (Å²) < 4.78 is 0. The third-order valence-electron chi connectivity index (χ3n) is 1.55. The lowest BCUT2D eigenvalue weighted by atomic mass is 10.1. The van der Waals surface area contributed by atoms with Gasteiger partial charge in [0, 0.05) is 5.56 Å². The zero-order valence-corrected chi connectivity index (χ0v) is 10.2. The molecule has 0 aliphatic rings. The van der Waals surface area contributed by atoms with E-state index in [1.807, 2.05) is 59.7 Å². The molecule has 1 aromatic carbocycles. The first-order chi connectivity index (χ1) is 6.74. The number of benzene rings is 1. The van der Waals surface area contributed by atoms with Crippen molar-refractivity contribution >= 4 is 6.29 Å². The van der Waals surface area contributed by atoms with Gasteiger partial charge < -0.3 is 0 Å². The Morgan fingerprint density at radius 3 is 1.86 bits per heavy atom. The monoisotopic (exact) mass is 194 g/mol. The van der Waals surface area contributed by atoms with Gasteiger partial charge in [0.15, 0.2) is 0 Å². The topological polar surface area (TPSA) is 17.1 Å². The fourth-order valence-electron chi connectivity index (χ4n) is 0.958. The van der Waals surface area contributed by atoms with Gasteiger partial charge in [0.2, 0.25) is 0 Å². The Balaban J connectivity index is 0. The van der Waals surface area contributed by atoms with E-state index >= 15 is 0 Å². The summed E-state index contributed by atoms with van der Waals surface area (Å²) in [6.07, 6.45) is 0.884. The lowest BCUT2D eigenvalue weighted by molar-refractivity contribution is 0.112. The molecular weight excluding hydrogens is 172 g/mol. The van der Waals surface area contributed by atoms with E-state index in [2.05, 4.69) is 0 Å². The Morgan fingerprint density at radius 2 is 1.50 bits per heavy atom. The minimum absolute atomic E-state index is 0.783. The second-order valence-electron chi connectivity index (χ2n) is 2.48. The summed E-state index contributed by atoms with van der Waals surface area (Å²) in [6.45, 7) is 12.0. The van der Waals surface area contributed by atoms with Crippen LogP contribution < -0.4 is 0 Å². The molecule has 1 heteroatoms. The van der Waals surface area contributed by atoms with E-state index in [9.17, 15) is 4.79 Å². The van der Waals surface area contributed by atoms with Gasteiger partial charge in [-0.05, 0) is 19.4 Å². The van der Waals surface area contributed by atoms with Crippen molar-refractivity contribution in [2.45, 2.75) is 41.5 Å². The smallest absolute Gasteiger partial charge is 0.150 e. The summed E-state index contributed by atoms with van der Waals surface area (Å²) in [5.74, 6) is 0. The average Bonchev–Trinajstić information content (AvgIpc) is 2.24. The van der Waals surface area contributed by atoms with E-state index in [0.717, 1.165) is 17.4 Å². The van der Waals surface area contributed by atoms with Crippen LogP contribution in [0.3, 0.4) is 0 Å². The second kappa shape index (κ2) is 9.97. The first-order valence-corrected chi connectivity index (χ1v) is 5.26. The Labute approximate surface area is 88.2 Å². The number of aryl methyl sites for hydroxylation is 2. The summed E-state index contributed by atoms with van der Waals surface area (Å²) in [5.41, 5.74) is 3.03. The largest absolute Gasteiger partial charge is 0.298 e. The maximum Gasteiger partial charge on any atom is 0.150 e. The summed E-state index contributed by atoms with van der Waals surface area (Å²) in [5, 5.41) is 0. The number of hydrogen-bond donors (Lipinski definition) is 0. The minimum Gasteiger partial charge on any atom is -0.298 e. The zero-order chi connectivity index (χ0) is 11.6. The second-order valence-corrected chi connectivity index (χ2v) is 2.48. The molecule has 80 valence electrons. The van der Waals surface area contributed by atoms with Gasteiger partial charge in [-0.25, -0.2) is 0 Å². The van der Waals surface area contributed by atoms with Crippen molar-refractivity contribution in [3.05, 3.63) is 34.9 Å². The molecule has 0 aromatic heterocycles. The zero-order valence-electron chi connectivity index (χ0n) is 10.2. The minimum atomic E-state index is 0.783. The van der Waals surface area contributed by atoms with Crippen LogP contribution in [0.1, 0.15) is 49.2 Å². The average molecular weight is 194 g/mol. The van der Waals surface area contributed by atoms with Crippen molar-refractivity contribution in [3.63, 3.8) is 0 Å². The first-order valence-electron chi connectivity index (χ1n) is 5.26. The Hall–Kier alpha value is -1.11. The van der Waals surface area contributed by atoms with E-state index in [4.69, 9.17) is 0 Å². The standard InChI is InChI=1S/C9H10O.2C2H6/c1-7-3-4-9(6-10)8(2)5-7;2*1-2/h3-6H,1-2H3;2*1-2H3. The summed E-state index contributed by atoms with van der Waals surface area (Å²) in [7, 11) is 0. The van der Waals surface area contributed by atoms with Crippen molar-refractivity contribution < 1.29 is 4.79 Å². The predicted molar refractivity (Wildman–Crippen MR) is 64.0 cm³/mol. The summed E-state index contributed by atoms with van der Waals surface area (Å²) in [4.78, 5) is 10.3. The summed E-state index contributed by atoms with van der Waals surface area (Å²) >= 11 is 0. The molecule has 0 bridgehead atoms. The van der Waals surface area contributed by atoms with Crippen LogP contribution in [0, 0.1) is 13.8 Å². The van der Waals surface area contributed by atoms with Crippen molar-refractivity contribution in [2.24, 2.45) is 0 Å². The highest BCUT2D eigenvalue weighted by Crippen LogP contribution is 2.07. The lowest BCUT2D eigenvalue weighted by Crippen LogP contribution is -1.85. The van der Waals surface area contributed by atoms with Crippen LogP contribution >= 0.6 is 0 Å². The maximum atomic E-state index is 10.3. The number of aldehydes is 1. The molecule has 0 fully saturated rings. The van der Waals surface area contributed by atoms with Gasteiger partial charge in [0.25, 0.3) is 0 Å². The van der Waals surface area contributed by atoms with Gasteiger partial charge in [-0.2, -0.15) is 0 Å². The molecular formula is C13H22O. The predicted octanol–water partition coefficient (Wildman–Crippen LogP) is 4.17. The number of rotatable bonds is 1. The molecule has 1 nitrogen and oxygen atoms in total. The quantitative estimate of drug-likeness (QED) is 0.613. The molecule has 0 aliphatic heterocycles. The van der Waals surface area contributed by atoms with Gasteiger partial charge in [-0.15, -0.1) is 0 Å². The number of carbonyl (C=O) groups excluding carboxylic acids is 1. The Kier molecular flexibility index (Phi) is 10.9. The van der Waals surface area contributed by atoms with E-state index in [0.29, 0.717) is 0 Å². The number of hydrogen-bond acceptors (Lipinski definition) is 1. The van der Waals surface area contributed by atoms with Crippen LogP contribution in [-0.4, -0.2) is 6.29 Å². The van der Waals surface area contributed by atoms with E-state index in [1.165, 1.54) is 5.56 Å². The van der Waals surface area contributed by atoms with Crippen LogP contribution in [0.4, 0.5) is 0 Å². The maximum absolute atomic E-state index is 10.3. The fraction of sp³-hybridized carbons (Fsp3) is 0.462. The highest BCUT2D eigenvalue weighted by Gasteiger charge is 1.93. The van der Waals surface area contributed by atoms with Gasteiger partial charge in [-0.1, -0.05) is 51.5 Å². The molecule has 0 saturated carbocycles. The van der Waals surface area contributed by atoms with Gasteiger partial charge in [0.05, 0.1) is 0 Å². The Bertz CT molecular complexity index is 251. The molecule has 0 unspecified atom stereocenters. The van der Waals surface area contributed by atoms with E-state index < -0.39 is 0 Å². The molecule has 0 heterocycles. The Morgan fingerprint density at radius 1 is 1.00 bits per heavy atom. The molecule has 0 atom stereocenters. The molecule has 1 aromatic rings. The molecule has 14 heavy (non-hydrogen) atoms. The molecule has 0 aliphatic carbocycles. The lowest BCUT2D eigenvalue weighted by Gasteiger charge is -1.97. The van der Waals surface area contributed by atoms with Crippen LogP contribution in [0.15, 0.2) is 18.2 Å². The van der Waals surface area contributed by atoms with Gasteiger partial charge in [0.1, 0.15) is 6.29 Å². The van der Waals surface area contributed by atoms with Crippen molar-refractivity contribution in [1.82, 2.24) is 0 Å². The molecule has 1 rings (SSSR count). The normalized spacial score (nSPS) is 7.57. The van der Waals surface area contributed by atoms with Gasteiger partial charge in [-0.3, -0.25) is 4.79 Å². The van der Waals surface area contributed by atoms with Crippen LogP contribution in [0.5, 0.6) is 0 Å².